The van der Waals surface area contributed by atoms with Crippen molar-refractivity contribution in [2.75, 3.05) is 18.5 Å². The molecule has 1 aromatic heterocycles. The Morgan fingerprint density at radius 3 is 2.53 bits per heavy atom. The summed E-state index contributed by atoms with van der Waals surface area (Å²) in [4.78, 5) is 33.4. The van der Waals surface area contributed by atoms with Crippen LogP contribution in [0.5, 0.6) is 5.75 Å². The predicted molar refractivity (Wildman–Crippen MR) is 133 cm³/mol. The zero-order valence-electron chi connectivity index (χ0n) is 20.1. The van der Waals surface area contributed by atoms with Gasteiger partial charge in [0.1, 0.15) is 18.1 Å². The third-order valence-electron chi connectivity index (χ3n) is 5.95. The lowest BCUT2D eigenvalue weighted by Gasteiger charge is -2.29. The van der Waals surface area contributed by atoms with E-state index in [1.54, 1.807) is 16.7 Å². The van der Waals surface area contributed by atoms with Crippen LogP contribution < -0.4 is 15.6 Å². The first-order chi connectivity index (χ1) is 16.4. The molecule has 7 heteroatoms. The molecule has 0 radical (unpaired) electrons. The van der Waals surface area contributed by atoms with E-state index in [0.29, 0.717) is 31.1 Å². The highest BCUT2D eigenvalue weighted by Gasteiger charge is 2.25. The van der Waals surface area contributed by atoms with E-state index in [2.05, 4.69) is 22.3 Å². The number of hydrogen-bond acceptors (Lipinski definition) is 5. The molecule has 1 aliphatic heterocycles. The van der Waals surface area contributed by atoms with Crippen molar-refractivity contribution in [1.82, 2.24) is 14.5 Å². The normalized spacial score (nSPS) is 13.5. The van der Waals surface area contributed by atoms with Gasteiger partial charge in [-0.15, -0.1) is 0 Å². The Bertz CT molecular complexity index is 1190. The van der Waals surface area contributed by atoms with Gasteiger partial charge < -0.3 is 10.1 Å². The Morgan fingerprint density at radius 2 is 1.85 bits per heavy atom. The molecule has 0 fully saturated rings. The number of anilines is 1. The van der Waals surface area contributed by atoms with Gasteiger partial charge in [0.05, 0.1) is 12.3 Å². The Hall–Kier alpha value is -3.45. The highest BCUT2D eigenvalue weighted by Crippen LogP contribution is 2.20. The molecule has 7 nitrogen and oxygen atoms in total. The van der Waals surface area contributed by atoms with Gasteiger partial charge in [0, 0.05) is 36.8 Å². The minimum atomic E-state index is -0.253. The van der Waals surface area contributed by atoms with Gasteiger partial charge >= 0.3 is 0 Å². The average molecular weight is 461 g/mol. The number of carbonyl (C=O) groups is 1. The van der Waals surface area contributed by atoms with Crippen LogP contribution in [0.2, 0.25) is 0 Å². The number of rotatable bonds is 8. The Balaban J connectivity index is 1.52. The number of nitrogens with zero attached hydrogens (tertiary/aromatic N) is 3. The number of nitrogens with one attached hydrogen (secondary N) is 1. The average Bonchev–Trinajstić information content (AvgIpc) is 2.82. The van der Waals surface area contributed by atoms with Crippen molar-refractivity contribution in [2.45, 2.75) is 52.7 Å². The second-order valence-electron chi connectivity index (χ2n) is 8.89. The molecule has 178 valence electrons. The third kappa shape index (κ3) is 5.54. The molecule has 34 heavy (non-hydrogen) atoms. The summed E-state index contributed by atoms with van der Waals surface area (Å²) in [6, 6.07) is 17.5. The van der Waals surface area contributed by atoms with Gasteiger partial charge in [-0.25, -0.2) is 4.98 Å². The van der Waals surface area contributed by atoms with Crippen LogP contribution in [0.25, 0.3) is 0 Å². The monoisotopic (exact) mass is 460 g/mol. The van der Waals surface area contributed by atoms with Crippen molar-refractivity contribution in [3.05, 3.63) is 87.6 Å². The number of fused-ring (bicyclic) bond motifs is 1. The predicted octanol–water partition coefficient (Wildman–Crippen LogP) is 3.96. The van der Waals surface area contributed by atoms with Crippen LogP contribution in [0, 0.1) is 0 Å². The number of aromatic nitrogens is 2. The van der Waals surface area contributed by atoms with Crippen LogP contribution in [-0.4, -0.2) is 33.5 Å². The lowest BCUT2D eigenvalue weighted by Crippen LogP contribution is -2.40. The van der Waals surface area contributed by atoms with Gasteiger partial charge in [-0.3, -0.25) is 19.1 Å². The first kappa shape index (κ1) is 23.7. The Morgan fingerprint density at radius 1 is 1.12 bits per heavy atom. The van der Waals surface area contributed by atoms with Crippen LogP contribution in [-0.2, 0) is 30.8 Å². The van der Waals surface area contributed by atoms with Crippen LogP contribution >= 0.6 is 0 Å². The topological polar surface area (TPSA) is 76.5 Å². The highest BCUT2D eigenvalue weighted by atomic mass is 16.5. The van der Waals surface area contributed by atoms with E-state index < -0.39 is 0 Å². The van der Waals surface area contributed by atoms with E-state index in [1.165, 1.54) is 5.56 Å². The summed E-state index contributed by atoms with van der Waals surface area (Å²) in [5, 5.41) is 2.88. The molecule has 0 bridgehead atoms. The van der Waals surface area contributed by atoms with Crippen molar-refractivity contribution in [3.63, 3.8) is 0 Å². The number of ether oxygens (including phenoxy) is 1. The summed E-state index contributed by atoms with van der Waals surface area (Å²) in [6.07, 6.45) is 0.632. The van der Waals surface area contributed by atoms with E-state index >= 15 is 0 Å². The van der Waals surface area contributed by atoms with Crippen molar-refractivity contribution >= 4 is 11.6 Å². The minimum absolute atomic E-state index is 0.0146. The van der Waals surface area contributed by atoms with Crippen LogP contribution in [0.4, 0.5) is 5.69 Å². The van der Waals surface area contributed by atoms with Gasteiger partial charge in [-0.2, -0.15) is 0 Å². The zero-order valence-corrected chi connectivity index (χ0v) is 20.1. The minimum Gasteiger partial charge on any atom is -0.494 e. The smallest absolute Gasteiger partial charge is 0.257 e. The largest absolute Gasteiger partial charge is 0.494 e. The Labute approximate surface area is 200 Å². The van der Waals surface area contributed by atoms with E-state index in [9.17, 15) is 9.59 Å². The first-order valence-corrected chi connectivity index (χ1v) is 11.9. The first-order valence-electron chi connectivity index (χ1n) is 11.9. The van der Waals surface area contributed by atoms with Crippen molar-refractivity contribution in [3.8, 4) is 5.75 Å². The molecule has 2 heterocycles. The van der Waals surface area contributed by atoms with E-state index in [-0.39, 0.29) is 23.9 Å². The fourth-order valence-corrected chi connectivity index (χ4v) is 4.31. The standard InChI is InChI=1S/C27H32N4O3/c1-4-34-22-12-10-21(11-13-22)28-25(32)18-31-26(19(2)3)29-24-17-30(15-14-23(24)27(31)33)16-20-8-6-5-7-9-20/h5-13,19H,4,14-18H2,1-3H3,(H,28,32). The van der Waals surface area contributed by atoms with Gasteiger partial charge in [0.2, 0.25) is 5.91 Å². The number of carbonyl (C=O) groups excluding carboxylic acids is 1. The molecule has 0 unspecified atom stereocenters. The molecule has 1 aliphatic rings. The van der Waals surface area contributed by atoms with Crippen molar-refractivity contribution in [2.24, 2.45) is 0 Å². The van der Waals surface area contributed by atoms with Crippen molar-refractivity contribution in [1.29, 1.82) is 0 Å². The number of hydrogen-bond donors (Lipinski definition) is 1. The van der Waals surface area contributed by atoms with Gasteiger partial charge in [-0.1, -0.05) is 44.2 Å². The molecule has 0 spiro atoms. The molecule has 4 rings (SSSR count). The quantitative estimate of drug-likeness (QED) is 0.551. The lowest BCUT2D eigenvalue weighted by atomic mass is 10.0. The summed E-state index contributed by atoms with van der Waals surface area (Å²) in [5.41, 5.74) is 3.36. The van der Waals surface area contributed by atoms with Crippen LogP contribution in [0.1, 0.15) is 49.3 Å². The molecule has 1 N–H and O–H groups in total. The second-order valence-corrected chi connectivity index (χ2v) is 8.89. The summed E-state index contributed by atoms with van der Waals surface area (Å²) >= 11 is 0. The second kappa shape index (κ2) is 10.7. The van der Waals surface area contributed by atoms with E-state index in [4.69, 9.17) is 9.72 Å². The number of amides is 1. The molecule has 0 atom stereocenters. The maximum Gasteiger partial charge on any atom is 0.257 e. The van der Waals surface area contributed by atoms with Gasteiger partial charge in [0.25, 0.3) is 5.56 Å². The molecule has 3 aromatic rings. The third-order valence-corrected chi connectivity index (χ3v) is 5.95. The number of benzene rings is 2. The van der Waals surface area contributed by atoms with Crippen LogP contribution in [0.15, 0.2) is 59.4 Å². The Kier molecular flexibility index (Phi) is 7.43. The fraction of sp³-hybridized carbons (Fsp3) is 0.370. The summed E-state index contributed by atoms with van der Waals surface area (Å²) in [6.45, 7) is 8.70. The van der Waals surface area contributed by atoms with E-state index in [0.717, 1.165) is 30.1 Å². The molecular formula is C27H32N4O3. The summed E-state index contributed by atoms with van der Waals surface area (Å²) < 4.78 is 6.98. The molecule has 0 saturated heterocycles. The zero-order chi connectivity index (χ0) is 24.1. The molecule has 0 saturated carbocycles. The van der Waals surface area contributed by atoms with E-state index in [1.807, 2.05) is 51.1 Å². The van der Waals surface area contributed by atoms with Crippen LogP contribution in [0.3, 0.4) is 0 Å². The van der Waals surface area contributed by atoms with Gasteiger partial charge in [-0.05, 0) is 43.2 Å². The molecule has 1 amide bonds. The summed E-state index contributed by atoms with van der Waals surface area (Å²) in [7, 11) is 0. The van der Waals surface area contributed by atoms with Gasteiger partial charge in [0.15, 0.2) is 0 Å². The van der Waals surface area contributed by atoms with Crippen molar-refractivity contribution < 1.29 is 9.53 Å². The molecular weight excluding hydrogens is 428 g/mol. The highest BCUT2D eigenvalue weighted by molar-refractivity contribution is 5.90. The molecule has 0 aliphatic carbocycles. The molecule has 2 aromatic carbocycles. The lowest BCUT2D eigenvalue weighted by molar-refractivity contribution is -0.116. The maximum absolute atomic E-state index is 13.4. The summed E-state index contributed by atoms with van der Waals surface area (Å²) in [5.74, 6) is 1.16. The SMILES string of the molecule is CCOc1ccc(NC(=O)Cn2c(C(C)C)nc3c(c2=O)CCN(Cc2ccccc2)C3)cc1. The maximum atomic E-state index is 13.4. The fourth-order valence-electron chi connectivity index (χ4n) is 4.31.